The molecule has 0 radical (unpaired) electrons. The Morgan fingerprint density at radius 3 is 2.89 bits per heavy atom. The second-order valence-electron chi connectivity index (χ2n) is 3.99. The Kier molecular flexibility index (Phi) is 5.05. The smallest absolute Gasteiger partial charge is 0.120 e. The second-order valence-corrected chi connectivity index (χ2v) is 5.80. The largest absolute Gasteiger partial charge is 0.492 e. The van der Waals surface area contributed by atoms with Crippen LogP contribution in [0.3, 0.4) is 0 Å². The molecule has 18 heavy (non-hydrogen) atoms. The van der Waals surface area contributed by atoms with Crippen LogP contribution in [0.5, 0.6) is 5.75 Å². The number of ether oxygens (including phenoxy) is 1. The van der Waals surface area contributed by atoms with Crippen molar-refractivity contribution in [3.8, 4) is 5.75 Å². The molecule has 0 unspecified atom stereocenters. The van der Waals surface area contributed by atoms with Crippen LogP contribution in [0, 0.1) is 6.92 Å². The van der Waals surface area contributed by atoms with Crippen molar-refractivity contribution in [1.82, 2.24) is 5.32 Å². The van der Waals surface area contributed by atoms with Gasteiger partial charge in [0.25, 0.3) is 0 Å². The summed E-state index contributed by atoms with van der Waals surface area (Å²) in [4.78, 5) is 2.71. The van der Waals surface area contributed by atoms with Crippen molar-refractivity contribution in [2.45, 2.75) is 13.5 Å². The van der Waals surface area contributed by atoms with Gasteiger partial charge in [-0.2, -0.15) is 0 Å². The molecule has 0 saturated carbocycles. The summed E-state index contributed by atoms with van der Waals surface area (Å²) in [5, 5.41) is 4.06. The molecule has 1 heterocycles. The second kappa shape index (κ2) is 6.78. The summed E-state index contributed by atoms with van der Waals surface area (Å²) in [6.07, 6.45) is 0. The van der Waals surface area contributed by atoms with E-state index in [1.54, 1.807) is 0 Å². The molecule has 1 aromatic heterocycles. The predicted molar refractivity (Wildman–Crippen MR) is 77.7 cm³/mol. The number of halogens is 1. The van der Waals surface area contributed by atoms with Gasteiger partial charge in [-0.1, -0.05) is 17.7 Å². The van der Waals surface area contributed by atoms with Gasteiger partial charge < -0.3 is 10.1 Å². The lowest BCUT2D eigenvalue weighted by Gasteiger charge is -2.07. The van der Waals surface area contributed by atoms with Crippen LogP contribution in [0.1, 0.15) is 9.75 Å². The fourth-order valence-electron chi connectivity index (χ4n) is 1.59. The predicted octanol–water partition coefficient (Wildman–Crippen LogP) is 3.88. The van der Waals surface area contributed by atoms with Gasteiger partial charge in [0, 0.05) is 27.9 Å². The first-order valence-corrected chi connectivity index (χ1v) is 7.08. The highest BCUT2D eigenvalue weighted by molar-refractivity contribution is 7.11. The minimum atomic E-state index is 0.644. The number of hydrogen-bond donors (Lipinski definition) is 1. The highest BCUT2D eigenvalue weighted by Gasteiger charge is 1.97. The lowest BCUT2D eigenvalue weighted by atomic mass is 10.3. The molecule has 0 bridgehead atoms. The van der Waals surface area contributed by atoms with Crippen LogP contribution in [0.4, 0.5) is 0 Å². The third-order valence-electron chi connectivity index (χ3n) is 2.44. The van der Waals surface area contributed by atoms with E-state index < -0.39 is 0 Å². The molecule has 2 rings (SSSR count). The third-order valence-corrected chi connectivity index (χ3v) is 3.67. The van der Waals surface area contributed by atoms with Crippen LogP contribution in [0.15, 0.2) is 36.4 Å². The lowest BCUT2D eigenvalue weighted by Crippen LogP contribution is -2.20. The molecule has 1 aromatic carbocycles. The summed E-state index contributed by atoms with van der Waals surface area (Å²) in [5.74, 6) is 0.816. The first-order chi connectivity index (χ1) is 8.74. The molecule has 0 amide bonds. The Labute approximate surface area is 117 Å². The maximum atomic E-state index is 5.87. The van der Waals surface area contributed by atoms with Gasteiger partial charge in [0.05, 0.1) is 0 Å². The fraction of sp³-hybridized carbons (Fsp3) is 0.286. The highest BCUT2D eigenvalue weighted by Crippen LogP contribution is 2.17. The standard InChI is InChI=1S/C14H16ClNOS/c1-11-5-6-14(18-11)10-16-7-8-17-13-4-2-3-12(15)9-13/h2-6,9,16H,7-8,10H2,1H3. The molecule has 2 aromatic rings. The van der Waals surface area contributed by atoms with E-state index in [1.807, 2.05) is 35.6 Å². The molecule has 96 valence electrons. The summed E-state index contributed by atoms with van der Waals surface area (Å²) in [6, 6.07) is 11.8. The first-order valence-electron chi connectivity index (χ1n) is 5.88. The molecule has 0 atom stereocenters. The molecule has 0 fully saturated rings. The van der Waals surface area contributed by atoms with Crippen molar-refractivity contribution in [3.63, 3.8) is 0 Å². The monoisotopic (exact) mass is 281 g/mol. The van der Waals surface area contributed by atoms with E-state index in [-0.39, 0.29) is 0 Å². The number of rotatable bonds is 6. The number of benzene rings is 1. The maximum Gasteiger partial charge on any atom is 0.120 e. The van der Waals surface area contributed by atoms with Crippen LogP contribution < -0.4 is 10.1 Å². The van der Waals surface area contributed by atoms with Crippen molar-refractivity contribution in [2.24, 2.45) is 0 Å². The Bertz CT molecular complexity index is 498. The van der Waals surface area contributed by atoms with Crippen LogP contribution in [0.2, 0.25) is 5.02 Å². The van der Waals surface area contributed by atoms with Gasteiger partial charge in [0.2, 0.25) is 0 Å². The van der Waals surface area contributed by atoms with Gasteiger partial charge in [-0.15, -0.1) is 11.3 Å². The first kappa shape index (κ1) is 13.4. The van der Waals surface area contributed by atoms with E-state index in [0.717, 1.165) is 18.8 Å². The zero-order valence-electron chi connectivity index (χ0n) is 10.3. The average molecular weight is 282 g/mol. The molecular formula is C14H16ClNOS. The highest BCUT2D eigenvalue weighted by atomic mass is 35.5. The normalized spacial score (nSPS) is 10.6. The van der Waals surface area contributed by atoms with Crippen molar-refractivity contribution in [3.05, 3.63) is 51.2 Å². The van der Waals surface area contributed by atoms with Gasteiger partial charge in [0.1, 0.15) is 12.4 Å². The van der Waals surface area contributed by atoms with Crippen molar-refractivity contribution in [1.29, 1.82) is 0 Å². The zero-order valence-corrected chi connectivity index (χ0v) is 11.9. The molecular weight excluding hydrogens is 266 g/mol. The Hall–Kier alpha value is -1.03. The number of nitrogens with one attached hydrogen (secondary N) is 1. The van der Waals surface area contributed by atoms with E-state index in [2.05, 4.69) is 24.4 Å². The van der Waals surface area contributed by atoms with Crippen LogP contribution in [0.25, 0.3) is 0 Å². The molecule has 0 aliphatic carbocycles. The Morgan fingerprint density at radius 1 is 1.28 bits per heavy atom. The van der Waals surface area contributed by atoms with E-state index in [4.69, 9.17) is 16.3 Å². The van der Waals surface area contributed by atoms with Gasteiger partial charge in [-0.05, 0) is 37.3 Å². The minimum absolute atomic E-state index is 0.644. The van der Waals surface area contributed by atoms with E-state index in [1.165, 1.54) is 9.75 Å². The molecule has 2 nitrogen and oxygen atoms in total. The van der Waals surface area contributed by atoms with E-state index in [9.17, 15) is 0 Å². The van der Waals surface area contributed by atoms with Gasteiger partial charge >= 0.3 is 0 Å². The maximum absolute atomic E-state index is 5.87. The quantitative estimate of drug-likeness (QED) is 0.812. The summed E-state index contributed by atoms with van der Waals surface area (Å²) in [7, 11) is 0. The molecule has 4 heteroatoms. The zero-order chi connectivity index (χ0) is 12.8. The van der Waals surface area contributed by atoms with Crippen molar-refractivity contribution >= 4 is 22.9 Å². The van der Waals surface area contributed by atoms with E-state index >= 15 is 0 Å². The Morgan fingerprint density at radius 2 is 2.17 bits per heavy atom. The fourth-order valence-corrected chi connectivity index (χ4v) is 2.63. The number of thiophene rings is 1. The van der Waals surface area contributed by atoms with Gasteiger partial charge in [-0.3, -0.25) is 0 Å². The van der Waals surface area contributed by atoms with Crippen molar-refractivity contribution < 1.29 is 4.74 Å². The minimum Gasteiger partial charge on any atom is -0.492 e. The molecule has 0 saturated heterocycles. The summed E-state index contributed by atoms with van der Waals surface area (Å²) >= 11 is 7.70. The Balaban J connectivity index is 1.64. The van der Waals surface area contributed by atoms with Crippen LogP contribution >= 0.6 is 22.9 Å². The van der Waals surface area contributed by atoms with Crippen LogP contribution in [-0.2, 0) is 6.54 Å². The molecule has 0 spiro atoms. The molecule has 0 aliphatic rings. The lowest BCUT2D eigenvalue weighted by molar-refractivity contribution is 0.314. The summed E-state index contributed by atoms with van der Waals surface area (Å²) in [6.45, 7) is 4.49. The molecule has 1 N–H and O–H groups in total. The topological polar surface area (TPSA) is 21.3 Å². The van der Waals surface area contributed by atoms with Gasteiger partial charge in [0.15, 0.2) is 0 Å². The van der Waals surface area contributed by atoms with Crippen molar-refractivity contribution in [2.75, 3.05) is 13.2 Å². The molecule has 0 aliphatic heterocycles. The van der Waals surface area contributed by atoms with Crippen LogP contribution in [-0.4, -0.2) is 13.2 Å². The van der Waals surface area contributed by atoms with Gasteiger partial charge in [-0.25, -0.2) is 0 Å². The van der Waals surface area contributed by atoms with E-state index in [0.29, 0.717) is 11.6 Å². The number of hydrogen-bond acceptors (Lipinski definition) is 3. The summed E-state index contributed by atoms with van der Waals surface area (Å²) < 4.78 is 5.59. The third kappa shape index (κ3) is 4.33. The number of aryl methyl sites for hydroxylation is 1. The average Bonchev–Trinajstić information content (AvgIpc) is 2.75. The SMILES string of the molecule is Cc1ccc(CNCCOc2cccc(Cl)c2)s1. The summed E-state index contributed by atoms with van der Waals surface area (Å²) in [5.41, 5.74) is 0.